The molecule has 3 aliphatic carbocycles. The van der Waals surface area contributed by atoms with Crippen molar-refractivity contribution in [2.24, 2.45) is 10.8 Å². The Morgan fingerprint density at radius 2 is 1.08 bits per heavy atom. The van der Waals surface area contributed by atoms with Crippen molar-refractivity contribution >= 4 is 39.0 Å². The first-order chi connectivity index (χ1) is 24.3. The van der Waals surface area contributed by atoms with Gasteiger partial charge in [0.2, 0.25) is 0 Å². The van der Waals surface area contributed by atoms with Gasteiger partial charge in [-0.15, -0.1) is 0 Å². The summed E-state index contributed by atoms with van der Waals surface area (Å²) >= 11 is 0. The third-order valence-electron chi connectivity index (χ3n) is 16.9. The molecular weight excluding hydrogens is 631 g/mol. The van der Waals surface area contributed by atoms with Gasteiger partial charge in [0, 0.05) is 27.4 Å². The lowest BCUT2D eigenvalue weighted by atomic mass is 9.59. The Morgan fingerprint density at radius 3 is 1.73 bits per heavy atom. The fourth-order valence-electron chi connectivity index (χ4n) is 11.6. The topological polar surface area (TPSA) is 16.4 Å². The Morgan fingerprint density at radius 1 is 0.519 bits per heavy atom. The predicted octanol–water partition coefficient (Wildman–Crippen LogP) is 13.9. The molecule has 2 nitrogen and oxygen atoms in total. The SMILES string of the molecule is CC1(C)c2cc3c(cc2N(c2ccc(-c4cccc5c4oc4ccccc45)cc2)c2cc4c(cc21)C1(C)CC1(C)C4(C)C)C(C)(C)C(C)(C)C3(C)C. The molecule has 2 heteroatoms. The summed E-state index contributed by atoms with van der Waals surface area (Å²) in [6.07, 6.45) is 1.27. The average Bonchev–Trinajstić information content (AvgIpc) is 3.41. The van der Waals surface area contributed by atoms with Crippen LogP contribution >= 0.6 is 0 Å². The van der Waals surface area contributed by atoms with Gasteiger partial charge in [0.25, 0.3) is 0 Å². The molecule has 1 fully saturated rings. The van der Waals surface area contributed by atoms with Crippen molar-refractivity contribution in [1.29, 1.82) is 0 Å². The fourth-order valence-corrected chi connectivity index (χ4v) is 11.6. The second-order valence-electron chi connectivity index (χ2n) is 20.0. The van der Waals surface area contributed by atoms with Gasteiger partial charge in [-0.3, -0.25) is 0 Å². The van der Waals surface area contributed by atoms with Gasteiger partial charge in [0.15, 0.2) is 0 Å². The van der Waals surface area contributed by atoms with Crippen LogP contribution in [0.4, 0.5) is 17.1 Å². The fraction of sp³-hybridized carbons (Fsp3) is 0.400. The van der Waals surface area contributed by atoms with Crippen molar-refractivity contribution in [3.05, 3.63) is 124 Å². The molecule has 264 valence electrons. The number of para-hydroxylation sites is 2. The van der Waals surface area contributed by atoms with E-state index in [-0.39, 0.29) is 37.9 Å². The first kappa shape index (κ1) is 32.4. The molecule has 10 rings (SSSR count). The van der Waals surface area contributed by atoms with Gasteiger partial charge in [0.05, 0.1) is 11.4 Å². The normalized spacial score (nSPS) is 26.1. The summed E-state index contributed by atoms with van der Waals surface area (Å²) in [6, 6.07) is 34.6. The number of hydrogen-bond acceptors (Lipinski definition) is 2. The van der Waals surface area contributed by atoms with Gasteiger partial charge in [-0.05, 0) is 108 Å². The highest BCUT2D eigenvalue weighted by molar-refractivity contribution is 6.09. The zero-order valence-electron chi connectivity index (χ0n) is 33.2. The molecule has 0 spiro atoms. The van der Waals surface area contributed by atoms with E-state index < -0.39 is 0 Å². The van der Waals surface area contributed by atoms with Gasteiger partial charge in [-0.25, -0.2) is 0 Å². The van der Waals surface area contributed by atoms with Crippen LogP contribution < -0.4 is 4.90 Å². The predicted molar refractivity (Wildman–Crippen MR) is 219 cm³/mol. The van der Waals surface area contributed by atoms with E-state index in [0.717, 1.165) is 27.5 Å². The van der Waals surface area contributed by atoms with Crippen LogP contribution in [0, 0.1) is 10.8 Å². The van der Waals surface area contributed by atoms with E-state index in [0.29, 0.717) is 0 Å². The second kappa shape index (κ2) is 9.25. The van der Waals surface area contributed by atoms with E-state index in [9.17, 15) is 0 Å². The molecule has 1 saturated carbocycles. The average molecular weight is 684 g/mol. The van der Waals surface area contributed by atoms with E-state index in [1.807, 2.05) is 6.07 Å². The minimum Gasteiger partial charge on any atom is -0.455 e. The first-order valence-corrected chi connectivity index (χ1v) is 19.5. The van der Waals surface area contributed by atoms with Crippen LogP contribution in [-0.2, 0) is 27.1 Å². The lowest BCUT2D eigenvalue weighted by Gasteiger charge is -2.44. The van der Waals surface area contributed by atoms with Gasteiger partial charge in [0.1, 0.15) is 11.2 Å². The van der Waals surface area contributed by atoms with Crippen LogP contribution in [0.15, 0.2) is 95.4 Å². The van der Waals surface area contributed by atoms with Crippen LogP contribution in [0.5, 0.6) is 0 Å². The van der Waals surface area contributed by atoms with Crippen molar-refractivity contribution in [3.8, 4) is 11.1 Å². The minimum atomic E-state index is -0.163. The summed E-state index contributed by atoms with van der Waals surface area (Å²) in [5.74, 6) is 0. The molecule has 0 radical (unpaired) electrons. The summed E-state index contributed by atoms with van der Waals surface area (Å²) in [4.78, 5) is 2.61. The van der Waals surface area contributed by atoms with Gasteiger partial charge in [-0.1, -0.05) is 144 Å². The Bertz CT molecular complexity index is 2550. The molecule has 4 aliphatic rings. The smallest absolute Gasteiger partial charge is 0.143 e. The number of rotatable bonds is 2. The third kappa shape index (κ3) is 3.45. The maximum absolute atomic E-state index is 6.48. The van der Waals surface area contributed by atoms with E-state index in [4.69, 9.17) is 4.42 Å². The molecule has 6 aromatic rings. The number of anilines is 3. The lowest BCUT2D eigenvalue weighted by molar-refractivity contribution is 0.125. The number of benzene rings is 5. The molecule has 2 unspecified atom stereocenters. The van der Waals surface area contributed by atoms with Crippen LogP contribution in [0.3, 0.4) is 0 Å². The minimum absolute atomic E-state index is 0.0104. The maximum atomic E-state index is 6.48. The van der Waals surface area contributed by atoms with E-state index in [1.165, 1.54) is 56.9 Å². The van der Waals surface area contributed by atoms with E-state index in [2.05, 4.69) is 173 Å². The number of nitrogens with zero attached hydrogens (tertiary/aromatic N) is 1. The molecular formula is C50H53NO. The third-order valence-corrected chi connectivity index (χ3v) is 16.9. The van der Waals surface area contributed by atoms with Gasteiger partial charge in [-0.2, -0.15) is 0 Å². The quantitative estimate of drug-likeness (QED) is 0.181. The molecule has 2 atom stereocenters. The second-order valence-corrected chi connectivity index (χ2v) is 20.0. The molecule has 0 saturated heterocycles. The van der Waals surface area contributed by atoms with E-state index >= 15 is 0 Å². The molecule has 0 bridgehead atoms. The monoisotopic (exact) mass is 683 g/mol. The summed E-state index contributed by atoms with van der Waals surface area (Å²) in [5, 5.41) is 2.33. The first-order valence-electron chi connectivity index (χ1n) is 19.5. The zero-order chi connectivity index (χ0) is 36.8. The van der Waals surface area contributed by atoms with Gasteiger partial charge >= 0.3 is 0 Å². The summed E-state index contributed by atoms with van der Waals surface area (Å²) < 4.78 is 6.48. The standard InChI is InChI=1S/C50H53NO/c1-44(2)38-24-34-35(46(5,6)48(9,10)45(34,3)4)26-40(38)51(41-27-36-37(25-39(41)44)49(11)28-50(49,12)47(36,7)8)30-22-20-29(21-23-30)31-17-15-18-33-32-16-13-14-19-42(32)52-43(31)33/h13-27H,28H2,1-12H3. The Labute approximate surface area is 310 Å². The van der Waals surface area contributed by atoms with Crippen molar-refractivity contribution in [3.63, 3.8) is 0 Å². The van der Waals surface area contributed by atoms with Crippen LogP contribution in [-0.4, -0.2) is 0 Å². The van der Waals surface area contributed by atoms with E-state index in [1.54, 1.807) is 5.56 Å². The molecule has 52 heavy (non-hydrogen) atoms. The van der Waals surface area contributed by atoms with Crippen molar-refractivity contribution in [2.75, 3.05) is 4.90 Å². The molecule has 1 aromatic heterocycles. The lowest BCUT2D eigenvalue weighted by Crippen LogP contribution is -2.42. The highest BCUT2D eigenvalue weighted by Crippen LogP contribution is 2.79. The Balaban J connectivity index is 1.21. The number of furan rings is 1. The molecule has 1 aliphatic heterocycles. The largest absolute Gasteiger partial charge is 0.455 e. The molecule has 0 N–H and O–H groups in total. The highest BCUT2D eigenvalue weighted by Gasteiger charge is 2.74. The maximum Gasteiger partial charge on any atom is 0.143 e. The summed E-state index contributed by atoms with van der Waals surface area (Å²) in [7, 11) is 0. The van der Waals surface area contributed by atoms with Crippen LogP contribution in [0.25, 0.3) is 33.1 Å². The number of hydrogen-bond donors (Lipinski definition) is 0. The summed E-state index contributed by atoms with van der Waals surface area (Å²) in [6.45, 7) is 29.8. The number of fused-ring (bicyclic) bond motifs is 9. The van der Waals surface area contributed by atoms with Crippen LogP contribution in [0.2, 0.25) is 0 Å². The Hall–Kier alpha value is -4.30. The molecule has 5 aromatic carbocycles. The van der Waals surface area contributed by atoms with Crippen molar-refractivity contribution < 1.29 is 4.42 Å². The Kier molecular flexibility index (Phi) is 5.75. The highest BCUT2D eigenvalue weighted by atomic mass is 16.3. The van der Waals surface area contributed by atoms with Crippen LogP contribution in [0.1, 0.15) is 123 Å². The zero-order valence-corrected chi connectivity index (χ0v) is 33.2. The molecule has 2 heterocycles. The summed E-state index contributed by atoms with van der Waals surface area (Å²) in [5.41, 5.74) is 17.6. The molecule has 0 amide bonds. The van der Waals surface area contributed by atoms with Gasteiger partial charge < -0.3 is 9.32 Å². The van der Waals surface area contributed by atoms with Crippen molar-refractivity contribution in [1.82, 2.24) is 0 Å². The van der Waals surface area contributed by atoms with Crippen molar-refractivity contribution in [2.45, 2.75) is 117 Å².